The first-order chi connectivity index (χ1) is 23.5. The van der Waals surface area contributed by atoms with Gasteiger partial charge in [-0.1, -0.05) is 12.1 Å². The number of hydrogen-bond donors (Lipinski definition) is 2. The molecule has 1 saturated heterocycles. The number of aromatic nitrogens is 4. The van der Waals surface area contributed by atoms with E-state index >= 15 is 4.39 Å². The fraction of sp³-hybridized carbons (Fsp3) is 0.235. The summed E-state index contributed by atoms with van der Waals surface area (Å²) in [5.74, 6) is -2.72. The maximum absolute atomic E-state index is 15.1. The molecule has 0 bridgehead atoms. The smallest absolute Gasteiger partial charge is 0.434 e. The quantitative estimate of drug-likeness (QED) is 0.161. The Balaban J connectivity index is 1.10. The highest BCUT2D eigenvalue weighted by Crippen LogP contribution is 2.34. The number of rotatable bonds is 10. The van der Waals surface area contributed by atoms with Crippen LogP contribution in [-0.4, -0.2) is 75.2 Å². The summed E-state index contributed by atoms with van der Waals surface area (Å²) in [6, 6.07) is 16.8. The first-order valence-corrected chi connectivity index (χ1v) is 15.3. The molecule has 0 unspecified atom stereocenters. The molecular formula is C34H31F5N8O2. The van der Waals surface area contributed by atoms with Gasteiger partial charge in [-0.25, -0.2) is 18.4 Å². The second-order valence-electron chi connectivity index (χ2n) is 11.4. The summed E-state index contributed by atoms with van der Waals surface area (Å²) in [7, 11) is 2.13. The molecule has 49 heavy (non-hydrogen) atoms. The Hall–Kier alpha value is -5.41. The molecule has 0 radical (unpaired) electrons. The van der Waals surface area contributed by atoms with Crippen molar-refractivity contribution in [3.05, 3.63) is 114 Å². The zero-order valence-electron chi connectivity index (χ0n) is 26.2. The van der Waals surface area contributed by atoms with Gasteiger partial charge >= 0.3 is 6.18 Å². The van der Waals surface area contributed by atoms with Crippen molar-refractivity contribution in [2.24, 2.45) is 0 Å². The number of carbonyl (C=O) groups excluding carboxylic acids is 1. The molecule has 0 aliphatic carbocycles. The predicted octanol–water partition coefficient (Wildman–Crippen LogP) is 6.54. The van der Waals surface area contributed by atoms with Crippen LogP contribution in [-0.2, 0) is 12.6 Å². The van der Waals surface area contributed by atoms with Crippen LogP contribution in [0.25, 0.3) is 5.69 Å². The van der Waals surface area contributed by atoms with Gasteiger partial charge in [-0.15, -0.1) is 0 Å². The molecule has 0 saturated carbocycles. The molecule has 10 nitrogen and oxygen atoms in total. The molecule has 3 aromatic carbocycles. The van der Waals surface area contributed by atoms with Gasteiger partial charge in [0.05, 0.1) is 17.4 Å². The number of alkyl halides is 3. The van der Waals surface area contributed by atoms with Crippen LogP contribution in [0, 0.1) is 11.6 Å². The average molecular weight is 679 g/mol. The summed E-state index contributed by atoms with van der Waals surface area (Å²) in [5, 5.41) is 9.08. The highest BCUT2D eigenvalue weighted by molar-refractivity contribution is 6.05. The fourth-order valence-corrected chi connectivity index (χ4v) is 5.29. The molecule has 6 rings (SSSR count). The van der Waals surface area contributed by atoms with Crippen LogP contribution in [0.4, 0.5) is 39.3 Å². The van der Waals surface area contributed by atoms with Crippen molar-refractivity contribution in [1.82, 2.24) is 29.5 Å². The molecule has 0 atom stereocenters. The second kappa shape index (κ2) is 14.4. The van der Waals surface area contributed by atoms with Crippen molar-refractivity contribution in [1.29, 1.82) is 0 Å². The molecule has 1 fully saturated rings. The van der Waals surface area contributed by atoms with E-state index in [9.17, 15) is 22.4 Å². The van der Waals surface area contributed by atoms with Crippen molar-refractivity contribution < 1.29 is 31.5 Å². The van der Waals surface area contributed by atoms with E-state index in [4.69, 9.17) is 4.74 Å². The molecule has 2 N–H and O–H groups in total. The van der Waals surface area contributed by atoms with Crippen LogP contribution in [0.5, 0.6) is 11.6 Å². The summed E-state index contributed by atoms with van der Waals surface area (Å²) >= 11 is 0. The van der Waals surface area contributed by atoms with Gasteiger partial charge in [0.15, 0.2) is 17.3 Å². The third-order valence-electron chi connectivity index (χ3n) is 7.88. The number of nitrogens with zero attached hydrogens (tertiary/aromatic N) is 6. The molecule has 3 heterocycles. The monoisotopic (exact) mass is 678 g/mol. The highest BCUT2D eigenvalue weighted by Gasteiger charge is 2.40. The van der Waals surface area contributed by atoms with Crippen molar-refractivity contribution in [2.75, 3.05) is 50.4 Å². The van der Waals surface area contributed by atoms with E-state index in [2.05, 4.69) is 48.6 Å². The van der Waals surface area contributed by atoms with Crippen LogP contribution in [0.2, 0.25) is 0 Å². The van der Waals surface area contributed by atoms with Crippen molar-refractivity contribution in [3.8, 4) is 17.3 Å². The van der Waals surface area contributed by atoms with Crippen molar-refractivity contribution in [2.45, 2.75) is 12.6 Å². The largest absolute Gasteiger partial charge is 0.436 e. The Morgan fingerprint density at radius 2 is 1.71 bits per heavy atom. The van der Waals surface area contributed by atoms with Crippen LogP contribution >= 0.6 is 0 Å². The standard InChI is InChI=1S/C34H31F5N8O2/c1-45-15-17-46(18-16-45)14-12-22-3-2-4-24(19-22)43-33-40-13-11-30(44-33)49-29-10-7-25(20-28(29)36)42-32(48)27-21-41-47(31(27)34(37,38)39)26-8-5-23(35)6-9-26/h2-11,13,19-21H,12,14-18H2,1H3,(H,42,48)(H,40,43,44). The van der Waals surface area contributed by atoms with E-state index in [1.807, 2.05) is 18.2 Å². The number of hydrogen-bond acceptors (Lipinski definition) is 8. The van der Waals surface area contributed by atoms with E-state index in [0.29, 0.717) is 4.68 Å². The predicted molar refractivity (Wildman–Crippen MR) is 172 cm³/mol. The van der Waals surface area contributed by atoms with E-state index < -0.39 is 35.0 Å². The summed E-state index contributed by atoms with van der Waals surface area (Å²) in [6.07, 6.45) is -1.92. The topological polar surface area (TPSA) is 100 Å². The van der Waals surface area contributed by atoms with Crippen LogP contribution in [0.15, 0.2) is 85.2 Å². The molecule has 5 aromatic rings. The number of likely N-dealkylation sites (N-methyl/N-ethyl adjacent to an activating group) is 1. The number of benzene rings is 3. The third-order valence-corrected chi connectivity index (χ3v) is 7.88. The van der Waals surface area contributed by atoms with E-state index in [-0.39, 0.29) is 29.0 Å². The van der Waals surface area contributed by atoms with Gasteiger partial charge in [0.25, 0.3) is 5.91 Å². The minimum Gasteiger partial charge on any atom is -0.436 e. The second-order valence-corrected chi connectivity index (χ2v) is 11.4. The first-order valence-electron chi connectivity index (χ1n) is 15.3. The Morgan fingerprint density at radius 1 is 0.939 bits per heavy atom. The number of piperazine rings is 1. The fourth-order valence-electron chi connectivity index (χ4n) is 5.29. The Bertz CT molecular complexity index is 1920. The number of amides is 1. The maximum Gasteiger partial charge on any atom is 0.434 e. The Labute approximate surface area is 278 Å². The molecule has 1 aliphatic rings. The van der Waals surface area contributed by atoms with E-state index in [1.54, 1.807) is 0 Å². The number of carbonyl (C=O) groups is 1. The number of nitrogens with one attached hydrogen (secondary N) is 2. The average Bonchev–Trinajstić information content (AvgIpc) is 3.53. The lowest BCUT2D eigenvalue weighted by Gasteiger charge is -2.32. The zero-order valence-corrected chi connectivity index (χ0v) is 26.2. The minimum absolute atomic E-state index is 0.0300. The maximum atomic E-state index is 15.1. The highest BCUT2D eigenvalue weighted by atomic mass is 19.4. The van der Waals surface area contributed by atoms with Gasteiger partial charge in [-0.05, 0) is 67.6 Å². The molecule has 0 spiro atoms. The van der Waals surface area contributed by atoms with Crippen LogP contribution in [0.3, 0.4) is 0 Å². The molecule has 15 heteroatoms. The van der Waals surface area contributed by atoms with Gasteiger partial charge in [-0.3, -0.25) is 4.79 Å². The Kier molecular flexibility index (Phi) is 9.82. The summed E-state index contributed by atoms with van der Waals surface area (Å²) in [4.78, 5) is 26.2. The lowest BCUT2D eigenvalue weighted by Crippen LogP contribution is -2.45. The molecular weight excluding hydrogens is 647 g/mol. The molecule has 1 aliphatic heterocycles. The van der Waals surface area contributed by atoms with E-state index in [1.165, 1.54) is 24.4 Å². The van der Waals surface area contributed by atoms with Crippen molar-refractivity contribution in [3.63, 3.8) is 0 Å². The molecule has 1 amide bonds. The lowest BCUT2D eigenvalue weighted by molar-refractivity contribution is -0.143. The number of anilines is 3. The summed E-state index contributed by atoms with van der Waals surface area (Å²) in [5.41, 5.74) is -0.483. The number of halogens is 5. The van der Waals surface area contributed by atoms with Gasteiger partial charge in [0, 0.05) is 62.4 Å². The third kappa shape index (κ3) is 8.36. The van der Waals surface area contributed by atoms with Crippen LogP contribution < -0.4 is 15.4 Å². The summed E-state index contributed by atoms with van der Waals surface area (Å²) in [6.45, 7) is 5.16. The zero-order chi connectivity index (χ0) is 34.5. The van der Waals surface area contributed by atoms with Gasteiger partial charge in [0.1, 0.15) is 5.82 Å². The van der Waals surface area contributed by atoms with Crippen molar-refractivity contribution >= 4 is 23.2 Å². The SMILES string of the molecule is CN1CCN(CCc2cccc(Nc3nccc(Oc4ccc(NC(=O)c5cnn(-c6ccc(F)cc6)c5C(F)(F)F)cc4F)n3)c2)CC1. The van der Waals surface area contributed by atoms with E-state index in [0.717, 1.165) is 86.9 Å². The molecule has 254 valence electrons. The van der Waals surface area contributed by atoms with Gasteiger partial charge < -0.3 is 25.2 Å². The normalized spacial score (nSPS) is 14.1. The molecule has 2 aromatic heterocycles. The van der Waals surface area contributed by atoms with Crippen LogP contribution in [0.1, 0.15) is 21.6 Å². The summed E-state index contributed by atoms with van der Waals surface area (Å²) < 4.78 is 76.5. The first kappa shape index (κ1) is 33.5. The van der Waals surface area contributed by atoms with Gasteiger partial charge in [-0.2, -0.15) is 23.3 Å². The minimum atomic E-state index is -4.99. The van der Waals surface area contributed by atoms with Gasteiger partial charge in [0.2, 0.25) is 11.8 Å². The Morgan fingerprint density at radius 3 is 2.45 bits per heavy atom. The lowest BCUT2D eigenvalue weighted by atomic mass is 10.1. The number of ether oxygens (including phenoxy) is 1.